The van der Waals surface area contributed by atoms with Crippen LogP contribution in [0.4, 0.5) is 10.7 Å². The van der Waals surface area contributed by atoms with Crippen LogP contribution in [0.5, 0.6) is 0 Å². The van der Waals surface area contributed by atoms with Gasteiger partial charge in [-0.25, -0.2) is 0 Å². The molecular weight excluding hydrogens is 230 g/mol. The summed E-state index contributed by atoms with van der Waals surface area (Å²) < 4.78 is 0. The maximum Gasteiger partial charge on any atom is 0.129 e. The molecular formula is C13H19N3S. The van der Waals surface area contributed by atoms with Crippen LogP contribution in [0, 0.1) is 17.2 Å². The van der Waals surface area contributed by atoms with E-state index in [4.69, 9.17) is 11.0 Å². The molecule has 1 aliphatic carbocycles. The molecule has 3 nitrogen and oxygen atoms in total. The van der Waals surface area contributed by atoms with Crippen molar-refractivity contribution in [2.24, 2.45) is 5.92 Å². The second-order valence-electron chi connectivity index (χ2n) is 4.78. The summed E-state index contributed by atoms with van der Waals surface area (Å²) in [5.74, 6) is 0.913. The van der Waals surface area contributed by atoms with Gasteiger partial charge in [0.15, 0.2) is 0 Å². The topological polar surface area (TPSA) is 61.8 Å². The van der Waals surface area contributed by atoms with E-state index in [2.05, 4.69) is 18.3 Å². The molecule has 1 aromatic rings. The third kappa shape index (κ3) is 2.92. The van der Waals surface area contributed by atoms with Crippen LogP contribution in [0.1, 0.15) is 43.9 Å². The van der Waals surface area contributed by atoms with Gasteiger partial charge in [-0.05, 0) is 37.7 Å². The highest BCUT2D eigenvalue weighted by Crippen LogP contribution is 2.32. The van der Waals surface area contributed by atoms with Gasteiger partial charge in [-0.2, -0.15) is 5.26 Å². The Kier molecular flexibility index (Phi) is 3.90. The van der Waals surface area contributed by atoms with Crippen molar-refractivity contribution in [3.05, 3.63) is 10.9 Å². The van der Waals surface area contributed by atoms with Gasteiger partial charge >= 0.3 is 0 Å². The van der Waals surface area contributed by atoms with E-state index in [0.717, 1.165) is 10.9 Å². The normalized spacial score (nSPS) is 24.2. The molecule has 0 amide bonds. The van der Waals surface area contributed by atoms with E-state index in [9.17, 15) is 0 Å². The standard InChI is InChI=1S/C13H19N3S/c1-2-9-3-5-10(6-4-9)16-13-7-11(15)12(8-14)17-13/h7,9-10,16H,2-6,15H2,1H3. The van der Waals surface area contributed by atoms with Crippen LogP contribution in [-0.2, 0) is 0 Å². The first kappa shape index (κ1) is 12.3. The number of nitriles is 1. The van der Waals surface area contributed by atoms with E-state index in [1.807, 2.05) is 6.07 Å². The van der Waals surface area contributed by atoms with Gasteiger partial charge in [-0.3, -0.25) is 0 Å². The quantitative estimate of drug-likeness (QED) is 0.860. The van der Waals surface area contributed by atoms with Crippen LogP contribution < -0.4 is 11.1 Å². The predicted octanol–water partition coefficient (Wildman–Crippen LogP) is 3.58. The number of nitrogens with one attached hydrogen (secondary N) is 1. The van der Waals surface area contributed by atoms with Crippen LogP contribution in [-0.4, -0.2) is 6.04 Å². The summed E-state index contributed by atoms with van der Waals surface area (Å²) in [6, 6.07) is 4.56. The molecule has 0 radical (unpaired) electrons. The Labute approximate surface area is 107 Å². The van der Waals surface area contributed by atoms with Gasteiger partial charge in [0, 0.05) is 6.04 Å². The van der Waals surface area contributed by atoms with E-state index in [-0.39, 0.29) is 0 Å². The second-order valence-corrected chi connectivity index (χ2v) is 5.83. The molecule has 0 unspecified atom stereocenters. The first-order chi connectivity index (χ1) is 8.22. The number of nitrogen functional groups attached to an aromatic ring is 1. The smallest absolute Gasteiger partial charge is 0.129 e. The molecule has 0 aromatic carbocycles. The lowest BCUT2D eigenvalue weighted by Gasteiger charge is -2.28. The number of thiophene rings is 1. The Bertz CT molecular complexity index is 411. The number of hydrogen-bond acceptors (Lipinski definition) is 4. The Morgan fingerprint density at radius 2 is 2.18 bits per heavy atom. The van der Waals surface area contributed by atoms with Crippen molar-refractivity contribution in [1.82, 2.24) is 0 Å². The van der Waals surface area contributed by atoms with Gasteiger partial charge in [0.25, 0.3) is 0 Å². The number of nitrogens with zero attached hydrogens (tertiary/aromatic N) is 1. The Morgan fingerprint density at radius 3 is 2.71 bits per heavy atom. The SMILES string of the molecule is CCC1CCC(Nc2cc(N)c(C#N)s2)CC1. The number of hydrogen-bond donors (Lipinski definition) is 2. The third-order valence-electron chi connectivity index (χ3n) is 3.63. The van der Waals surface area contributed by atoms with Crippen LogP contribution in [0.15, 0.2) is 6.07 Å². The number of rotatable bonds is 3. The maximum absolute atomic E-state index is 8.86. The molecule has 1 fully saturated rings. The number of anilines is 2. The monoisotopic (exact) mass is 249 g/mol. The fourth-order valence-corrected chi connectivity index (χ4v) is 3.33. The van der Waals surface area contributed by atoms with Gasteiger partial charge in [0.1, 0.15) is 10.9 Å². The van der Waals surface area contributed by atoms with Gasteiger partial charge in [-0.1, -0.05) is 13.3 Å². The summed E-state index contributed by atoms with van der Waals surface area (Å²) >= 11 is 1.46. The average molecular weight is 249 g/mol. The lowest BCUT2D eigenvalue weighted by molar-refractivity contribution is 0.330. The molecule has 0 saturated heterocycles. The van der Waals surface area contributed by atoms with Crippen LogP contribution in [0.25, 0.3) is 0 Å². The van der Waals surface area contributed by atoms with E-state index in [0.29, 0.717) is 16.6 Å². The molecule has 2 rings (SSSR count). The Hall–Kier alpha value is -1.21. The highest BCUT2D eigenvalue weighted by Gasteiger charge is 2.20. The lowest BCUT2D eigenvalue weighted by Crippen LogP contribution is -2.25. The maximum atomic E-state index is 8.86. The summed E-state index contributed by atoms with van der Waals surface area (Å²) in [5, 5.41) is 13.4. The molecule has 1 heterocycles. The molecule has 0 bridgehead atoms. The molecule has 4 heteroatoms. The second kappa shape index (κ2) is 5.42. The molecule has 0 spiro atoms. The molecule has 3 N–H and O–H groups in total. The Balaban J connectivity index is 1.91. The lowest BCUT2D eigenvalue weighted by atomic mass is 9.84. The van der Waals surface area contributed by atoms with Crippen LogP contribution in [0.3, 0.4) is 0 Å². The highest BCUT2D eigenvalue weighted by atomic mass is 32.1. The van der Waals surface area contributed by atoms with Crippen molar-refractivity contribution in [3.8, 4) is 6.07 Å². The fourth-order valence-electron chi connectivity index (χ4n) is 2.48. The summed E-state index contributed by atoms with van der Waals surface area (Å²) in [6.07, 6.45) is 6.41. The van der Waals surface area contributed by atoms with E-state index in [1.165, 1.54) is 43.4 Å². The van der Waals surface area contributed by atoms with Crippen molar-refractivity contribution in [1.29, 1.82) is 5.26 Å². The minimum atomic E-state index is 0.558. The molecule has 0 aliphatic heterocycles. The van der Waals surface area contributed by atoms with E-state index in [1.54, 1.807) is 0 Å². The van der Waals surface area contributed by atoms with Crippen LogP contribution in [0.2, 0.25) is 0 Å². The molecule has 92 valence electrons. The third-order valence-corrected chi connectivity index (χ3v) is 4.62. The minimum absolute atomic E-state index is 0.558. The summed E-state index contributed by atoms with van der Waals surface area (Å²) in [5.41, 5.74) is 6.35. The van der Waals surface area contributed by atoms with Crippen molar-refractivity contribution < 1.29 is 0 Å². The molecule has 1 aromatic heterocycles. The van der Waals surface area contributed by atoms with Crippen molar-refractivity contribution in [2.75, 3.05) is 11.1 Å². The first-order valence-corrected chi connectivity index (χ1v) is 7.10. The zero-order valence-corrected chi connectivity index (χ0v) is 11.0. The minimum Gasteiger partial charge on any atom is -0.397 e. The molecule has 17 heavy (non-hydrogen) atoms. The fraction of sp³-hybridized carbons (Fsp3) is 0.615. The average Bonchev–Trinajstić information content (AvgIpc) is 2.70. The molecule has 1 aliphatic rings. The highest BCUT2D eigenvalue weighted by molar-refractivity contribution is 7.17. The summed E-state index contributed by atoms with van der Waals surface area (Å²) in [4.78, 5) is 0.620. The largest absolute Gasteiger partial charge is 0.397 e. The van der Waals surface area contributed by atoms with Gasteiger partial charge < -0.3 is 11.1 Å². The van der Waals surface area contributed by atoms with Crippen LogP contribution >= 0.6 is 11.3 Å². The zero-order valence-electron chi connectivity index (χ0n) is 10.2. The van der Waals surface area contributed by atoms with Gasteiger partial charge in [-0.15, -0.1) is 11.3 Å². The van der Waals surface area contributed by atoms with Crippen molar-refractivity contribution in [2.45, 2.75) is 45.1 Å². The number of nitrogens with two attached hydrogens (primary N) is 1. The van der Waals surface area contributed by atoms with Crippen molar-refractivity contribution >= 4 is 22.0 Å². The summed E-state index contributed by atoms with van der Waals surface area (Å²) in [6.45, 7) is 2.28. The van der Waals surface area contributed by atoms with Gasteiger partial charge in [0.05, 0.1) is 10.7 Å². The first-order valence-electron chi connectivity index (χ1n) is 6.28. The van der Waals surface area contributed by atoms with Crippen molar-refractivity contribution in [3.63, 3.8) is 0 Å². The zero-order chi connectivity index (χ0) is 12.3. The predicted molar refractivity (Wildman–Crippen MR) is 73.1 cm³/mol. The van der Waals surface area contributed by atoms with E-state index >= 15 is 0 Å². The van der Waals surface area contributed by atoms with E-state index < -0.39 is 0 Å². The van der Waals surface area contributed by atoms with Gasteiger partial charge in [0.2, 0.25) is 0 Å². The summed E-state index contributed by atoms with van der Waals surface area (Å²) in [7, 11) is 0. The molecule has 0 atom stereocenters. The molecule has 1 saturated carbocycles. The Morgan fingerprint density at radius 1 is 1.47 bits per heavy atom.